The molecular weight excluding hydrogens is 550 g/mol. The normalized spacial score (nSPS) is 19.3. The van der Waals surface area contributed by atoms with Gasteiger partial charge in [0.05, 0.1) is 47.4 Å². The number of anilines is 1. The predicted octanol–water partition coefficient (Wildman–Crippen LogP) is 5.64. The monoisotopic (exact) mass is 587 g/mol. The Balaban J connectivity index is 1.71. The number of nitrogens with two attached hydrogens (primary N) is 1. The lowest BCUT2D eigenvalue weighted by atomic mass is 10.1. The minimum absolute atomic E-state index is 0.112. The molecule has 1 aliphatic heterocycles. The first-order valence-electron chi connectivity index (χ1n) is 12.8. The van der Waals surface area contributed by atoms with Crippen molar-refractivity contribution >= 4 is 47.0 Å². The Labute approximate surface area is 228 Å². The molecule has 10 heteroatoms. The van der Waals surface area contributed by atoms with Gasteiger partial charge >= 0.3 is 0 Å². The number of nitrogens with zero attached hydrogens (tertiary/aromatic N) is 3. The molecule has 3 aromatic rings. The molecule has 0 aliphatic carbocycles. The van der Waals surface area contributed by atoms with Gasteiger partial charge in [0.2, 0.25) is 8.32 Å². The highest BCUT2D eigenvalue weighted by Gasteiger charge is 2.39. The maximum absolute atomic E-state index is 10.6. The van der Waals surface area contributed by atoms with Crippen LogP contribution in [0.4, 0.5) is 11.4 Å². The van der Waals surface area contributed by atoms with E-state index >= 15 is 0 Å². The van der Waals surface area contributed by atoms with Gasteiger partial charge in [-0.15, -0.1) is 0 Å². The van der Waals surface area contributed by atoms with Crippen LogP contribution in [0.15, 0.2) is 46.1 Å². The number of amidine groups is 1. The van der Waals surface area contributed by atoms with Crippen molar-refractivity contribution in [2.75, 3.05) is 18.5 Å². The molecule has 200 valence electrons. The van der Waals surface area contributed by atoms with Crippen molar-refractivity contribution in [3.05, 3.63) is 52.3 Å². The lowest BCUT2D eigenvalue weighted by Crippen LogP contribution is -2.43. The third-order valence-electron chi connectivity index (χ3n) is 7.38. The van der Waals surface area contributed by atoms with Gasteiger partial charge in [-0.3, -0.25) is 0 Å². The van der Waals surface area contributed by atoms with E-state index in [9.17, 15) is 5.11 Å². The van der Waals surface area contributed by atoms with Crippen LogP contribution in [-0.4, -0.2) is 54.2 Å². The van der Waals surface area contributed by atoms with Gasteiger partial charge in [0.25, 0.3) is 0 Å². The molecule has 0 saturated carbocycles. The summed E-state index contributed by atoms with van der Waals surface area (Å²) in [5.74, 6) is 1.21. The number of ether oxygens (including phenoxy) is 1. The zero-order valence-corrected chi connectivity index (χ0v) is 25.1. The minimum Gasteiger partial charge on any atom is -0.543 e. The van der Waals surface area contributed by atoms with Crippen LogP contribution in [0.5, 0.6) is 5.75 Å². The number of aryl methyl sites for hydroxylation is 1. The average Bonchev–Trinajstić information content (AvgIpc) is 3.21. The molecule has 8 nitrogen and oxygen atoms in total. The fourth-order valence-electron chi connectivity index (χ4n) is 4.08. The summed E-state index contributed by atoms with van der Waals surface area (Å²) in [6.45, 7) is 14.2. The summed E-state index contributed by atoms with van der Waals surface area (Å²) in [7, 11) is -1.96. The minimum atomic E-state index is -1.96. The van der Waals surface area contributed by atoms with Gasteiger partial charge in [-0.25, -0.2) is 9.51 Å². The van der Waals surface area contributed by atoms with Crippen molar-refractivity contribution in [2.24, 2.45) is 10.7 Å². The fraction of sp³-hybridized carbons (Fsp3) is 0.481. The number of hydrogen-bond donors (Lipinski definition) is 3. The predicted molar refractivity (Wildman–Crippen MR) is 156 cm³/mol. The van der Waals surface area contributed by atoms with Crippen LogP contribution in [0.2, 0.25) is 18.1 Å². The second kappa shape index (κ2) is 10.8. The van der Waals surface area contributed by atoms with Crippen LogP contribution < -0.4 is 15.5 Å². The van der Waals surface area contributed by atoms with Crippen molar-refractivity contribution in [1.82, 2.24) is 9.61 Å². The molecule has 2 atom stereocenters. The standard InChI is InChI=1S/C27H38BrN5O3Si/c1-7-17-12-19(36-37(5,6)27(2,3)4)8-9-21(17)32-26(29)20-14-30-33-15-18(28)13-23(33)25(20)31-22-16-35-11-10-24(22)34/h8-9,12-15,22,24,31,34H,7,10-11,16H2,1-6H3,(H2,29,32)/t22-,24-/m0/s1. The Morgan fingerprint density at radius 2 is 2.11 bits per heavy atom. The lowest BCUT2D eigenvalue weighted by Gasteiger charge is -2.36. The maximum Gasteiger partial charge on any atom is 0.250 e. The van der Waals surface area contributed by atoms with Gasteiger partial charge in [-0.05, 0) is 76.7 Å². The van der Waals surface area contributed by atoms with Gasteiger partial charge in [-0.1, -0.05) is 27.7 Å². The van der Waals surface area contributed by atoms with Gasteiger partial charge in [0.1, 0.15) is 11.6 Å². The molecular formula is C27H38BrN5O3Si. The number of halogens is 1. The quantitative estimate of drug-likeness (QED) is 0.187. The van der Waals surface area contributed by atoms with Crippen molar-refractivity contribution in [2.45, 2.75) is 70.8 Å². The number of rotatable bonds is 7. The van der Waals surface area contributed by atoms with Crippen LogP contribution in [0.1, 0.15) is 45.2 Å². The molecule has 0 unspecified atom stereocenters. The van der Waals surface area contributed by atoms with Crippen molar-refractivity contribution in [3.8, 4) is 5.75 Å². The van der Waals surface area contributed by atoms with E-state index in [0.717, 1.165) is 39.1 Å². The first kappa shape index (κ1) is 27.6. The second-order valence-electron chi connectivity index (χ2n) is 11.1. The van der Waals surface area contributed by atoms with Crippen LogP contribution in [0.25, 0.3) is 5.52 Å². The number of nitrogens with one attached hydrogen (secondary N) is 1. The maximum atomic E-state index is 10.6. The third kappa shape index (κ3) is 6.03. The lowest BCUT2D eigenvalue weighted by molar-refractivity contribution is 0.00318. The first-order valence-corrected chi connectivity index (χ1v) is 16.5. The van der Waals surface area contributed by atoms with Crippen LogP contribution in [0.3, 0.4) is 0 Å². The Kier molecular flexibility index (Phi) is 8.03. The largest absolute Gasteiger partial charge is 0.543 e. The number of aliphatic hydroxyl groups is 1. The third-order valence-corrected chi connectivity index (χ3v) is 12.2. The molecule has 1 saturated heterocycles. The van der Waals surface area contributed by atoms with Crippen molar-refractivity contribution in [3.63, 3.8) is 0 Å². The van der Waals surface area contributed by atoms with Gasteiger partial charge in [0, 0.05) is 17.3 Å². The summed E-state index contributed by atoms with van der Waals surface area (Å²) >= 11 is 3.54. The highest BCUT2D eigenvalue weighted by Crippen LogP contribution is 2.38. The molecule has 1 fully saturated rings. The molecule has 0 bridgehead atoms. The van der Waals surface area contributed by atoms with E-state index in [-0.39, 0.29) is 11.1 Å². The summed E-state index contributed by atoms with van der Waals surface area (Å²) in [6, 6.07) is 7.73. The van der Waals surface area contributed by atoms with Gasteiger partial charge in [-0.2, -0.15) is 5.10 Å². The number of aliphatic hydroxyl groups excluding tert-OH is 1. The molecule has 4 rings (SSSR count). The van der Waals surface area contributed by atoms with E-state index in [1.807, 2.05) is 24.4 Å². The van der Waals surface area contributed by atoms with E-state index in [1.54, 1.807) is 10.7 Å². The van der Waals surface area contributed by atoms with Crippen molar-refractivity contribution in [1.29, 1.82) is 0 Å². The summed E-state index contributed by atoms with van der Waals surface area (Å²) in [6.07, 6.45) is 4.43. The molecule has 0 spiro atoms. The van der Waals surface area contributed by atoms with E-state index in [1.165, 1.54) is 0 Å². The smallest absolute Gasteiger partial charge is 0.250 e. The second-order valence-corrected chi connectivity index (χ2v) is 16.7. The van der Waals surface area contributed by atoms with E-state index in [4.69, 9.17) is 19.9 Å². The Morgan fingerprint density at radius 1 is 1.35 bits per heavy atom. The van der Waals surface area contributed by atoms with E-state index in [0.29, 0.717) is 31.0 Å². The van der Waals surface area contributed by atoms with Crippen molar-refractivity contribution < 1.29 is 14.3 Å². The van der Waals surface area contributed by atoms with Crippen LogP contribution in [-0.2, 0) is 11.2 Å². The zero-order chi connectivity index (χ0) is 27.0. The molecule has 37 heavy (non-hydrogen) atoms. The Morgan fingerprint density at radius 3 is 2.78 bits per heavy atom. The first-order chi connectivity index (χ1) is 17.4. The number of fused-ring (bicyclic) bond motifs is 1. The number of aliphatic imine (C=N–C) groups is 1. The number of hydrogen-bond acceptors (Lipinski definition) is 6. The average molecular weight is 589 g/mol. The SMILES string of the molecule is CCc1cc(O[Si](C)(C)C(C)(C)C)ccc1N=C(N)c1cnn2cc(Br)cc2c1N[C@H]1COCC[C@@H]1O. The van der Waals surface area contributed by atoms with Gasteiger partial charge in [0.15, 0.2) is 0 Å². The molecule has 4 N–H and O–H groups in total. The molecule has 1 aromatic carbocycles. The zero-order valence-electron chi connectivity index (χ0n) is 22.5. The fourth-order valence-corrected chi connectivity index (χ4v) is 5.51. The van der Waals surface area contributed by atoms with E-state index in [2.05, 4.69) is 73.2 Å². The Bertz CT molecular complexity index is 1300. The molecule has 0 radical (unpaired) electrons. The molecule has 3 heterocycles. The van der Waals surface area contributed by atoms with Crippen LogP contribution >= 0.6 is 15.9 Å². The highest BCUT2D eigenvalue weighted by atomic mass is 79.9. The molecule has 0 amide bonds. The summed E-state index contributed by atoms with van der Waals surface area (Å²) in [4.78, 5) is 4.83. The van der Waals surface area contributed by atoms with E-state index < -0.39 is 14.4 Å². The summed E-state index contributed by atoms with van der Waals surface area (Å²) in [5.41, 5.74) is 10.7. The topological polar surface area (TPSA) is 106 Å². The highest BCUT2D eigenvalue weighted by molar-refractivity contribution is 9.10. The number of aromatic nitrogens is 2. The molecule has 1 aliphatic rings. The Hall–Kier alpha value is -2.40. The summed E-state index contributed by atoms with van der Waals surface area (Å²) in [5, 5.41) is 18.7. The summed E-state index contributed by atoms with van der Waals surface area (Å²) < 4.78 is 14.8. The number of benzene rings is 1. The van der Waals surface area contributed by atoms with Gasteiger partial charge < -0.3 is 25.3 Å². The van der Waals surface area contributed by atoms with Crippen LogP contribution in [0, 0.1) is 0 Å². The molecule has 2 aromatic heterocycles.